The number of fused-ring (bicyclic) bond motifs is 1. The fraction of sp³-hybridized carbons (Fsp3) is 0.478. The highest BCUT2D eigenvalue weighted by Crippen LogP contribution is 2.51. The molecule has 206 valence electrons. The van der Waals surface area contributed by atoms with E-state index in [9.17, 15) is 34.4 Å². The monoisotopic (exact) mass is 589 g/mol. The average Bonchev–Trinajstić information content (AvgIpc) is 2.79. The Kier molecular flexibility index (Phi) is 8.82. The van der Waals surface area contributed by atoms with Crippen LogP contribution in [0, 0.1) is 11.8 Å². The molecule has 1 fully saturated rings. The van der Waals surface area contributed by atoms with Crippen LogP contribution in [0.15, 0.2) is 64.8 Å². The molecule has 0 aromatic heterocycles. The molecular weight excluding hydrogens is 565 g/mol. The van der Waals surface area contributed by atoms with Gasteiger partial charge in [0.05, 0.1) is 11.5 Å². The molecule has 2 aliphatic rings. The molecule has 0 radical (unpaired) electrons. The van der Waals surface area contributed by atoms with Crippen molar-refractivity contribution in [3.8, 4) is 0 Å². The minimum Gasteiger partial charge on any atom is -0.498 e. The van der Waals surface area contributed by atoms with Gasteiger partial charge in [0.15, 0.2) is 21.4 Å². The highest BCUT2D eigenvalue weighted by Gasteiger charge is 2.57. The summed E-state index contributed by atoms with van der Waals surface area (Å²) in [5.41, 5.74) is -0.246. The van der Waals surface area contributed by atoms with Crippen LogP contribution in [-0.2, 0) is 24.6 Å². The quantitative estimate of drug-likeness (QED) is 0.449. The van der Waals surface area contributed by atoms with Crippen molar-refractivity contribution in [2.75, 3.05) is 18.9 Å². The molecule has 6 nitrogen and oxygen atoms in total. The van der Waals surface area contributed by atoms with Gasteiger partial charge in [-0.2, -0.15) is 13.2 Å². The summed E-state index contributed by atoms with van der Waals surface area (Å²) in [6, 6.07) is 5.18. The third-order valence-corrected chi connectivity index (χ3v) is 10.9. The Labute approximate surface area is 217 Å². The normalized spacial score (nSPS) is 30.0. The molecule has 0 bridgehead atoms. The molecule has 1 saturated carbocycles. The number of nitrogens with one attached hydrogen (secondary N) is 1. The fourth-order valence-corrected chi connectivity index (χ4v) is 8.60. The lowest BCUT2D eigenvalue weighted by Crippen LogP contribution is -2.56. The first-order chi connectivity index (χ1) is 17.1. The van der Waals surface area contributed by atoms with E-state index >= 15 is 4.39 Å². The second-order valence-corrected chi connectivity index (χ2v) is 13.4. The second kappa shape index (κ2) is 11.0. The standard InChI is InChI=1S/C23H25ClF5NO5S2/c1-15-21(26)9-6-18(25)12-35-13-20-16(11-30-36(31,32)14-23(27,28)29)3-2-10-22(15,20)37(33,34)19-7-4-17(24)5-8-19/h4-9,12,16,20,30H,2-3,10-11,13-14H2,1H3/b9-6-,18-12-,21-15-/t16-,20-,22?/m0/s1. The predicted octanol–water partition coefficient (Wildman–Crippen LogP) is 5.39. The largest absolute Gasteiger partial charge is 0.498 e. The lowest BCUT2D eigenvalue weighted by molar-refractivity contribution is -0.106. The molecule has 0 amide bonds. The summed E-state index contributed by atoms with van der Waals surface area (Å²) in [4.78, 5) is -0.185. The Morgan fingerprint density at radius 2 is 1.76 bits per heavy atom. The Hall–Kier alpha value is -1.96. The zero-order chi connectivity index (χ0) is 27.6. The van der Waals surface area contributed by atoms with Crippen molar-refractivity contribution in [1.29, 1.82) is 0 Å². The maximum Gasteiger partial charge on any atom is 0.404 e. The maximum atomic E-state index is 15.4. The van der Waals surface area contributed by atoms with Crippen LogP contribution in [0.2, 0.25) is 5.02 Å². The SMILES string of the molecule is C\C1=C(F)/C=C\C(F)=C\OC[C@H]2[C@H](CNS(=O)(=O)CC(F)(F)F)CCCC12S(=O)(=O)c1ccc(Cl)cc1. The maximum absolute atomic E-state index is 15.4. The van der Waals surface area contributed by atoms with Gasteiger partial charge in [0.2, 0.25) is 10.0 Å². The second-order valence-electron chi connectivity index (χ2n) is 8.97. The molecular formula is C23H25ClF5NO5S2. The van der Waals surface area contributed by atoms with Gasteiger partial charge in [0.1, 0.15) is 16.8 Å². The van der Waals surface area contributed by atoms with Crippen LogP contribution in [-0.4, -0.2) is 46.7 Å². The van der Waals surface area contributed by atoms with E-state index in [1.165, 1.54) is 31.2 Å². The van der Waals surface area contributed by atoms with E-state index in [4.69, 9.17) is 16.3 Å². The van der Waals surface area contributed by atoms with Crippen molar-refractivity contribution in [1.82, 2.24) is 4.72 Å². The number of alkyl halides is 3. The van der Waals surface area contributed by atoms with Gasteiger partial charge in [-0.05, 0) is 67.7 Å². The van der Waals surface area contributed by atoms with Crippen molar-refractivity contribution in [2.24, 2.45) is 11.8 Å². The number of rotatable bonds is 6. The zero-order valence-corrected chi connectivity index (χ0v) is 22.0. The summed E-state index contributed by atoms with van der Waals surface area (Å²) >= 11 is 5.91. The highest BCUT2D eigenvalue weighted by atomic mass is 35.5. The van der Waals surface area contributed by atoms with Gasteiger partial charge < -0.3 is 4.74 Å². The van der Waals surface area contributed by atoms with Crippen molar-refractivity contribution < 1.29 is 43.5 Å². The fourth-order valence-electron chi connectivity index (χ4n) is 4.99. The average molecular weight is 590 g/mol. The Morgan fingerprint density at radius 1 is 1.11 bits per heavy atom. The lowest BCUT2D eigenvalue weighted by Gasteiger charge is -2.48. The number of benzene rings is 1. The van der Waals surface area contributed by atoms with Gasteiger partial charge in [-0.3, -0.25) is 0 Å². The van der Waals surface area contributed by atoms with E-state index in [0.29, 0.717) is 6.26 Å². The van der Waals surface area contributed by atoms with Gasteiger partial charge in [-0.15, -0.1) is 0 Å². The first-order valence-corrected chi connectivity index (χ1v) is 14.7. The Balaban J connectivity index is 2.16. The molecule has 1 aliphatic carbocycles. The van der Waals surface area contributed by atoms with Crippen molar-refractivity contribution in [3.63, 3.8) is 0 Å². The molecule has 1 aromatic rings. The summed E-state index contributed by atoms with van der Waals surface area (Å²) in [5.74, 6) is -6.12. The van der Waals surface area contributed by atoms with E-state index in [1.54, 1.807) is 0 Å². The number of hydrogen-bond acceptors (Lipinski definition) is 5. The predicted molar refractivity (Wildman–Crippen MR) is 128 cm³/mol. The van der Waals surface area contributed by atoms with Crippen LogP contribution < -0.4 is 4.72 Å². The molecule has 1 aliphatic heterocycles. The molecule has 3 rings (SSSR count). The minimum atomic E-state index is -4.99. The summed E-state index contributed by atoms with van der Waals surface area (Å²) in [6.07, 6.45) is -2.47. The summed E-state index contributed by atoms with van der Waals surface area (Å²) in [6.45, 7) is 0.227. The zero-order valence-electron chi connectivity index (χ0n) is 19.6. The van der Waals surface area contributed by atoms with E-state index < -0.39 is 73.2 Å². The third kappa shape index (κ3) is 6.55. The number of ether oxygens (including phenoxy) is 1. The van der Waals surface area contributed by atoms with E-state index in [-0.39, 0.29) is 34.8 Å². The Morgan fingerprint density at radius 3 is 2.38 bits per heavy atom. The lowest BCUT2D eigenvalue weighted by atomic mass is 9.68. The number of sulfonamides is 1. The molecule has 1 heterocycles. The third-order valence-electron chi connectivity index (χ3n) is 6.67. The van der Waals surface area contributed by atoms with E-state index in [0.717, 1.165) is 12.2 Å². The van der Waals surface area contributed by atoms with Crippen molar-refractivity contribution in [2.45, 2.75) is 42.0 Å². The molecule has 0 spiro atoms. The first kappa shape index (κ1) is 29.6. The van der Waals surface area contributed by atoms with Crippen LogP contribution in [0.3, 0.4) is 0 Å². The number of halogens is 6. The summed E-state index contributed by atoms with van der Waals surface area (Å²) in [7, 11) is -9.22. The van der Waals surface area contributed by atoms with Crippen molar-refractivity contribution in [3.05, 3.63) is 64.9 Å². The van der Waals surface area contributed by atoms with Crippen LogP contribution >= 0.6 is 11.6 Å². The van der Waals surface area contributed by atoms with Gasteiger partial charge in [-0.1, -0.05) is 18.0 Å². The molecule has 0 saturated heterocycles. The topological polar surface area (TPSA) is 89.5 Å². The van der Waals surface area contributed by atoms with Crippen LogP contribution in [0.4, 0.5) is 22.0 Å². The molecule has 1 aromatic carbocycles. The molecule has 3 atom stereocenters. The van der Waals surface area contributed by atoms with E-state index in [1.807, 2.05) is 4.72 Å². The molecule has 37 heavy (non-hydrogen) atoms. The Bertz CT molecular complexity index is 1310. The summed E-state index contributed by atoms with van der Waals surface area (Å²) < 4.78 is 125. The van der Waals surface area contributed by atoms with Crippen molar-refractivity contribution >= 4 is 31.5 Å². The summed E-state index contributed by atoms with van der Waals surface area (Å²) in [5, 5.41) is 0.255. The van der Waals surface area contributed by atoms with Gasteiger partial charge >= 0.3 is 6.18 Å². The highest BCUT2D eigenvalue weighted by molar-refractivity contribution is 7.93. The van der Waals surface area contributed by atoms with Gasteiger partial charge in [0, 0.05) is 17.5 Å². The van der Waals surface area contributed by atoms with Crippen LogP contribution in [0.1, 0.15) is 26.2 Å². The molecule has 1 N–H and O–H groups in total. The van der Waals surface area contributed by atoms with E-state index in [2.05, 4.69) is 0 Å². The van der Waals surface area contributed by atoms with Gasteiger partial charge in [0.25, 0.3) is 0 Å². The number of sulfone groups is 1. The van der Waals surface area contributed by atoms with Crippen LogP contribution in [0.25, 0.3) is 0 Å². The first-order valence-electron chi connectivity index (χ1n) is 11.2. The minimum absolute atomic E-state index is 0.0862. The van der Waals surface area contributed by atoms with Gasteiger partial charge in [-0.25, -0.2) is 30.3 Å². The molecule has 1 unspecified atom stereocenters. The number of allylic oxidation sites excluding steroid dienone is 4. The number of hydrogen-bond donors (Lipinski definition) is 1. The molecule has 14 heteroatoms. The van der Waals surface area contributed by atoms with Crippen LogP contribution in [0.5, 0.6) is 0 Å². The smallest absolute Gasteiger partial charge is 0.404 e.